The van der Waals surface area contributed by atoms with Crippen molar-refractivity contribution in [1.29, 1.82) is 0 Å². The third-order valence-corrected chi connectivity index (χ3v) is 1.76. The highest BCUT2D eigenvalue weighted by Gasteiger charge is 2.77. The zero-order valence-electron chi connectivity index (χ0n) is 7.02. The van der Waals surface area contributed by atoms with Crippen LogP contribution in [0.1, 0.15) is 0 Å². The Kier molecular flexibility index (Phi) is 2.92. The molecule has 3 nitrogen and oxygen atoms in total. The van der Waals surface area contributed by atoms with Gasteiger partial charge in [0.25, 0.3) is 0 Å². The van der Waals surface area contributed by atoms with Gasteiger partial charge in [0.1, 0.15) is 6.10 Å². The first kappa shape index (κ1) is 12.5. The zero-order chi connectivity index (χ0) is 11.9. The second kappa shape index (κ2) is 3.49. The fourth-order valence-corrected chi connectivity index (χ4v) is 1.06. The van der Waals surface area contributed by atoms with Crippen LogP contribution in [0, 0.1) is 0 Å². The number of hydrogen-bond acceptors (Lipinski definition) is 3. The van der Waals surface area contributed by atoms with Gasteiger partial charge in [0.05, 0.1) is 13.2 Å². The number of ether oxygens (including phenoxy) is 2. The van der Waals surface area contributed by atoms with Crippen LogP contribution in [0.3, 0.4) is 0 Å². The molecule has 1 aliphatic rings. The van der Waals surface area contributed by atoms with Crippen LogP contribution >= 0.6 is 0 Å². The summed E-state index contributed by atoms with van der Waals surface area (Å²) in [7, 11) is 0. The van der Waals surface area contributed by atoms with E-state index in [1.165, 1.54) is 0 Å². The fourth-order valence-electron chi connectivity index (χ4n) is 1.06. The maximum atomic E-state index is 12.2. The predicted octanol–water partition coefficient (Wildman–Crippen LogP) is 1.22. The summed E-state index contributed by atoms with van der Waals surface area (Å²) in [5.41, 5.74) is 0. The summed E-state index contributed by atoms with van der Waals surface area (Å²) in [5.74, 6) is -4.62. The largest absolute Gasteiger partial charge is 0.453 e. The molecule has 1 heterocycles. The van der Waals surface area contributed by atoms with E-state index >= 15 is 0 Å². The van der Waals surface area contributed by atoms with E-state index in [2.05, 4.69) is 9.47 Å². The van der Waals surface area contributed by atoms with E-state index in [0.717, 1.165) is 0 Å². The SMILES string of the molecule is OCC1COC(C(F)(F)F)(C(F)(F)F)O1. The lowest BCUT2D eigenvalue weighted by Gasteiger charge is -2.31. The molecule has 0 aliphatic carbocycles. The van der Waals surface area contributed by atoms with Crippen molar-refractivity contribution in [2.24, 2.45) is 0 Å². The van der Waals surface area contributed by atoms with Gasteiger partial charge in [-0.2, -0.15) is 26.3 Å². The van der Waals surface area contributed by atoms with Crippen molar-refractivity contribution in [3.63, 3.8) is 0 Å². The lowest BCUT2D eigenvalue weighted by Crippen LogP contribution is -2.58. The quantitative estimate of drug-likeness (QED) is 0.700. The summed E-state index contributed by atoms with van der Waals surface area (Å²) in [6.07, 6.45) is -13.1. The molecule has 1 N–H and O–H groups in total. The van der Waals surface area contributed by atoms with Gasteiger partial charge in [-0.05, 0) is 0 Å². The Labute approximate surface area is 79.6 Å². The number of aliphatic hydroxyl groups excluding tert-OH is 1. The number of alkyl halides is 6. The molecule has 0 bridgehead atoms. The highest BCUT2D eigenvalue weighted by Crippen LogP contribution is 2.49. The molecule has 0 saturated carbocycles. The van der Waals surface area contributed by atoms with Gasteiger partial charge >= 0.3 is 18.1 Å². The van der Waals surface area contributed by atoms with Crippen molar-refractivity contribution >= 4 is 0 Å². The monoisotopic (exact) mass is 240 g/mol. The first-order valence-corrected chi connectivity index (χ1v) is 3.70. The van der Waals surface area contributed by atoms with Gasteiger partial charge in [-0.15, -0.1) is 0 Å². The van der Waals surface area contributed by atoms with Crippen LogP contribution in [0.2, 0.25) is 0 Å². The molecule has 0 aromatic carbocycles. The van der Waals surface area contributed by atoms with Crippen LogP contribution in [-0.2, 0) is 9.47 Å². The van der Waals surface area contributed by atoms with Crippen LogP contribution in [-0.4, -0.2) is 42.6 Å². The molecular formula is C6H6F6O3. The minimum absolute atomic E-state index is 0.963. The summed E-state index contributed by atoms with van der Waals surface area (Å²) in [4.78, 5) is 0. The summed E-state index contributed by atoms with van der Waals surface area (Å²) in [5, 5.41) is 8.39. The molecule has 1 rings (SSSR count). The number of halogens is 6. The molecule has 90 valence electrons. The highest BCUT2D eigenvalue weighted by molar-refractivity contribution is 4.92. The molecule has 0 radical (unpaired) electrons. The lowest BCUT2D eigenvalue weighted by atomic mass is 10.2. The number of rotatable bonds is 1. The third kappa shape index (κ3) is 1.91. The molecule has 1 atom stereocenters. The van der Waals surface area contributed by atoms with Gasteiger partial charge in [0, 0.05) is 0 Å². The molecule has 1 aliphatic heterocycles. The Hall–Kier alpha value is -0.540. The first-order chi connectivity index (χ1) is 6.64. The minimum Gasteiger partial charge on any atom is -0.394 e. The lowest BCUT2D eigenvalue weighted by molar-refractivity contribution is -0.443. The average Bonchev–Trinajstić information content (AvgIpc) is 2.45. The summed E-state index contributed by atoms with van der Waals surface area (Å²) in [6.45, 7) is -1.94. The molecule has 1 unspecified atom stereocenters. The molecule has 0 aromatic heterocycles. The minimum atomic E-state index is -5.74. The van der Waals surface area contributed by atoms with Crippen LogP contribution in [0.4, 0.5) is 26.3 Å². The highest BCUT2D eigenvalue weighted by atomic mass is 19.4. The van der Waals surface area contributed by atoms with E-state index in [1.54, 1.807) is 0 Å². The van der Waals surface area contributed by atoms with Crippen LogP contribution in [0.25, 0.3) is 0 Å². The molecule has 9 heteroatoms. The number of hydrogen-bond donors (Lipinski definition) is 1. The van der Waals surface area contributed by atoms with E-state index in [-0.39, 0.29) is 0 Å². The van der Waals surface area contributed by atoms with Crippen molar-refractivity contribution in [2.75, 3.05) is 13.2 Å². The predicted molar refractivity (Wildman–Crippen MR) is 32.8 cm³/mol. The van der Waals surface area contributed by atoms with E-state index in [9.17, 15) is 26.3 Å². The van der Waals surface area contributed by atoms with Gasteiger partial charge in [-0.3, -0.25) is 0 Å². The van der Waals surface area contributed by atoms with E-state index < -0.39 is 37.5 Å². The molecule has 15 heavy (non-hydrogen) atoms. The topological polar surface area (TPSA) is 38.7 Å². The first-order valence-electron chi connectivity index (χ1n) is 3.70. The summed E-state index contributed by atoms with van der Waals surface area (Å²) < 4.78 is 80.4. The van der Waals surface area contributed by atoms with E-state index in [1.807, 2.05) is 0 Å². The summed E-state index contributed by atoms with van der Waals surface area (Å²) >= 11 is 0. The Morgan fingerprint density at radius 3 is 1.80 bits per heavy atom. The van der Waals surface area contributed by atoms with Gasteiger partial charge in [-0.25, -0.2) is 0 Å². The van der Waals surface area contributed by atoms with Crippen molar-refractivity contribution in [1.82, 2.24) is 0 Å². The van der Waals surface area contributed by atoms with Crippen LogP contribution < -0.4 is 0 Å². The molecular weight excluding hydrogens is 234 g/mol. The Morgan fingerprint density at radius 1 is 1.13 bits per heavy atom. The third-order valence-electron chi connectivity index (χ3n) is 1.76. The van der Waals surface area contributed by atoms with Crippen molar-refractivity contribution in [3.05, 3.63) is 0 Å². The Bertz CT molecular complexity index is 220. The molecule has 0 aromatic rings. The maximum absolute atomic E-state index is 12.2. The normalized spacial score (nSPS) is 27.0. The van der Waals surface area contributed by atoms with Gasteiger partial charge < -0.3 is 14.6 Å². The Balaban J connectivity index is 3.01. The van der Waals surface area contributed by atoms with Crippen molar-refractivity contribution in [2.45, 2.75) is 24.2 Å². The van der Waals surface area contributed by atoms with E-state index in [0.29, 0.717) is 0 Å². The summed E-state index contributed by atoms with van der Waals surface area (Å²) in [6, 6.07) is 0. The number of aliphatic hydroxyl groups is 1. The Morgan fingerprint density at radius 2 is 1.60 bits per heavy atom. The second-order valence-corrected chi connectivity index (χ2v) is 2.85. The van der Waals surface area contributed by atoms with Gasteiger partial charge in [0.2, 0.25) is 0 Å². The average molecular weight is 240 g/mol. The van der Waals surface area contributed by atoms with Crippen molar-refractivity contribution in [3.8, 4) is 0 Å². The maximum Gasteiger partial charge on any atom is 0.453 e. The molecule has 1 fully saturated rings. The smallest absolute Gasteiger partial charge is 0.394 e. The zero-order valence-corrected chi connectivity index (χ0v) is 7.02. The second-order valence-electron chi connectivity index (χ2n) is 2.85. The van der Waals surface area contributed by atoms with E-state index in [4.69, 9.17) is 5.11 Å². The van der Waals surface area contributed by atoms with Gasteiger partial charge in [0.15, 0.2) is 0 Å². The van der Waals surface area contributed by atoms with Gasteiger partial charge in [-0.1, -0.05) is 0 Å². The molecule has 0 spiro atoms. The van der Waals surface area contributed by atoms with Crippen LogP contribution in [0.5, 0.6) is 0 Å². The van der Waals surface area contributed by atoms with Crippen molar-refractivity contribution < 1.29 is 40.9 Å². The molecule has 0 amide bonds. The fraction of sp³-hybridized carbons (Fsp3) is 1.00. The van der Waals surface area contributed by atoms with Crippen LogP contribution in [0.15, 0.2) is 0 Å². The standard InChI is InChI=1S/C6H6F6O3/c7-5(8,9)4(6(10,11)12)14-2-3(1-13)15-4/h3,13H,1-2H2. The molecule has 1 saturated heterocycles.